The van der Waals surface area contributed by atoms with Crippen LogP contribution in [0.15, 0.2) is 42.5 Å². The van der Waals surface area contributed by atoms with Gasteiger partial charge in [-0.3, -0.25) is 9.10 Å². The summed E-state index contributed by atoms with van der Waals surface area (Å²) in [5, 5.41) is 3.04. The van der Waals surface area contributed by atoms with Crippen molar-refractivity contribution in [2.45, 2.75) is 26.4 Å². The summed E-state index contributed by atoms with van der Waals surface area (Å²) in [6, 6.07) is 11.4. The molecule has 6 nitrogen and oxygen atoms in total. The van der Waals surface area contributed by atoms with Gasteiger partial charge >= 0.3 is 0 Å². The number of carbonyl (C=O) groups is 1. The van der Waals surface area contributed by atoms with Crippen LogP contribution in [0.4, 0.5) is 5.69 Å². The molecule has 1 unspecified atom stereocenters. The lowest BCUT2D eigenvalue weighted by molar-refractivity contribution is -0.122. The Kier molecular flexibility index (Phi) is 6.73. The van der Waals surface area contributed by atoms with E-state index in [1.165, 1.54) is 20.1 Å². The van der Waals surface area contributed by atoms with Crippen LogP contribution in [0.5, 0.6) is 5.75 Å². The number of halogens is 1. The van der Waals surface area contributed by atoms with Crippen LogP contribution >= 0.6 is 11.6 Å². The molecule has 0 saturated carbocycles. The van der Waals surface area contributed by atoms with Gasteiger partial charge in [-0.15, -0.1) is 0 Å². The predicted octanol–water partition coefficient (Wildman–Crippen LogP) is 3.13. The second kappa shape index (κ2) is 8.63. The van der Waals surface area contributed by atoms with Crippen LogP contribution in [0.25, 0.3) is 0 Å². The fourth-order valence-electron chi connectivity index (χ4n) is 2.76. The van der Waals surface area contributed by atoms with Gasteiger partial charge in [0.05, 0.1) is 24.1 Å². The minimum absolute atomic E-state index is 0.260. The van der Waals surface area contributed by atoms with Crippen molar-refractivity contribution in [2.24, 2.45) is 0 Å². The zero-order chi connectivity index (χ0) is 20.2. The molecule has 8 heteroatoms. The number of carbonyl (C=O) groups excluding carboxylic acids is 1. The number of sulfonamides is 1. The first-order valence-corrected chi connectivity index (χ1v) is 10.5. The smallest absolute Gasteiger partial charge is 0.243 e. The Morgan fingerprint density at radius 2 is 1.96 bits per heavy atom. The topological polar surface area (TPSA) is 75.7 Å². The molecular weight excluding hydrogens is 388 g/mol. The number of rotatable bonds is 7. The molecule has 146 valence electrons. The summed E-state index contributed by atoms with van der Waals surface area (Å²) in [5.74, 6) is 0.0132. The zero-order valence-corrected chi connectivity index (χ0v) is 17.3. The van der Waals surface area contributed by atoms with E-state index < -0.39 is 22.0 Å². The van der Waals surface area contributed by atoms with Crippen LogP contribution < -0.4 is 14.4 Å². The molecule has 0 aromatic heterocycles. The largest absolute Gasteiger partial charge is 0.495 e. The maximum absolute atomic E-state index is 12.6. The van der Waals surface area contributed by atoms with Gasteiger partial charge in [0.1, 0.15) is 11.8 Å². The number of nitrogens with zero attached hydrogens (tertiary/aromatic N) is 1. The third kappa shape index (κ3) is 5.37. The number of anilines is 1. The van der Waals surface area contributed by atoms with Gasteiger partial charge in [-0.1, -0.05) is 41.4 Å². The molecule has 27 heavy (non-hydrogen) atoms. The van der Waals surface area contributed by atoms with Gasteiger partial charge in [-0.05, 0) is 37.6 Å². The Bertz CT molecular complexity index is 931. The van der Waals surface area contributed by atoms with Crippen molar-refractivity contribution in [3.8, 4) is 5.75 Å². The molecular formula is C19H23ClN2O4S. The van der Waals surface area contributed by atoms with Crippen molar-refractivity contribution in [1.29, 1.82) is 0 Å². The minimum atomic E-state index is -3.72. The number of hydrogen-bond acceptors (Lipinski definition) is 4. The molecule has 0 spiro atoms. The molecule has 2 aromatic rings. The fraction of sp³-hybridized carbons (Fsp3) is 0.316. The second-order valence-electron chi connectivity index (χ2n) is 6.26. The van der Waals surface area contributed by atoms with E-state index in [0.29, 0.717) is 18.0 Å². The number of hydrogen-bond donors (Lipinski definition) is 1. The molecule has 1 amide bonds. The van der Waals surface area contributed by atoms with Crippen LogP contribution in [0.2, 0.25) is 5.02 Å². The van der Waals surface area contributed by atoms with E-state index in [9.17, 15) is 13.2 Å². The fourth-order valence-corrected chi connectivity index (χ4v) is 4.18. The predicted molar refractivity (Wildman–Crippen MR) is 108 cm³/mol. The molecule has 0 heterocycles. The molecule has 0 bridgehead atoms. The van der Waals surface area contributed by atoms with Crippen molar-refractivity contribution < 1.29 is 17.9 Å². The van der Waals surface area contributed by atoms with Crippen molar-refractivity contribution in [2.75, 3.05) is 17.7 Å². The van der Waals surface area contributed by atoms with E-state index >= 15 is 0 Å². The zero-order valence-electron chi connectivity index (χ0n) is 15.7. The Morgan fingerprint density at radius 3 is 2.52 bits per heavy atom. The van der Waals surface area contributed by atoms with Crippen molar-refractivity contribution in [1.82, 2.24) is 5.32 Å². The lowest BCUT2D eigenvalue weighted by atomic mass is 10.1. The summed E-state index contributed by atoms with van der Waals surface area (Å²) >= 11 is 6.12. The standard InChI is InChI=1S/C19H23ClN2O4S/c1-13-6-5-7-15(10-13)12-21-19(23)14(2)22(27(4,24)25)16-8-9-18(26-3)17(20)11-16/h5-11,14H,12H2,1-4H3,(H,21,23). The summed E-state index contributed by atoms with van der Waals surface area (Å²) in [6.07, 6.45) is 1.05. The molecule has 2 aromatic carbocycles. The number of amides is 1. The van der Waals surface area contributed by atoms with Gasteiger partial charge in [0.15, 0.2) is 0 Å². The number of benzene rings is 2. The van der Waals surface area contributed by atoms with Gasteiger partial charge in [0.25, 0.3) is 0 Å². The highest BCUT2D eigenvalue weighted by molar-refractivity contribution is 7.92. The minimum Gasteiger partial charge on any atom is -0.495 e. The molecule has 0 aliphatic carbocycles. The van der Waals surface area contributed by atoms with Gasteiger partial charge in [0.2, 0.25) is 15.9 Å². The van der Waals surface area contributed by atoms with Gasteiger partial charge < -0.3 is 10.1 Å². The van der Waals surface area contributed by atoms with Gasteiger partial charge in [-0.2, -0.15) is 0 Å². The Balaban J connectivity index is 2.23. The SMILES string of the molecule is COc1ccc(N(C(C)C(=O)NCc2cccc(C)c2)S(C)(=O)=O)cc1Cl. The maximum Gasteiger partial charge on any atom is 0.243 e. The highest BCUT2D eigenvalue weighted by Crippen LogP contribution is 2.31. The molecule has 1 N–H and O–H groups in total. The molecule has 0 aliphatic rings. The molecule has 0 aliphatic heterocycles. The van der Waals surface area contributed by atoms with E-state index in [4.69, 9.17) is 16.3 Å². The van der Waals surface area contributed by atoms with Crippen LogP contribution in [0.3, 0.4) is 0 Å². The summed E-state index contributed by atoms with van der Waals surface area (Å²) in [6.45, 7) is 3.81. The van der Waals surface area contributed by atoms with E-state index in [1.54, 1.807) is 12.1 Å². The summed E-state index contributed by atoms with van der Waals surface area (Å²) in [7, 11) is -2.25. The van der Waals surface area contributed by atoms with Crippen molar-refractivity contribution in [3.63, 3.8) is 0 Å². The average molecular weight is 411 g/mol. The Morgan fingerprint density at radius 1 is 1.26 bits per heavy atom. The van der Waals surface area contributed by atoms with Crippen molar-refractivity contribution >= 4 is 33.2 Å². The van der Waals surface area contributed by atoms with Gasteiger partial charge in [-0.25, -0.2) is 8.42 Å². The highest BCUT2D eigenvalue weighted by Gasteiger charge is 2.29. The number of nitrogens with one attached hydrogen (secondary N) is 1. The third-order valence-corrected chi connectivity index (χ3v) is 5.56. The normalized spacial score (nSPS) is 12.3. The second-order valence-corrected chi connectivity index (χ2v) is 8.53. The number of methoxy groups -OCH3 is 1. The monoisotopic (exact) mass is 410 g/mol. The summed E-state index contributed by atoms with van der Waals surface area (Å²) in [5.41, 5.74) is 2.32. The molecule has 2 rings (SSSR count). The molecule has 0 radical (unpaired) electrons. The first kappa shape index (κ1) is 21.1. The van der Waals surface area contributed by atoms with Crippen LogP contribution in [0, 0.1) is 6.92 Å². The van der Waals surface area contributed by atoms with E-state index in [2.05, 4.69) is 5.32 Å². The highest BCUT2D eigenvalue weighted by atomic mass is 35.5. The van der Waals surface area contributed by atoms with Crippen molar-refractivity contribution in [3.05, 3.63) is 58.6 Å². The van der Waals surface area contributed by atoms with E-state index in [-0.39, 0.29) is 5.02 Å². The third-order valence-electron chi connectivity index (χ3n) is 4.03. The van der Waals surface area contributed by atoms with Gasteiger partial charge in [0, 0.05) is 6.54 Å². The molecule has 0 saturated heterocycles. The summed E-state index contributed by atoms with van der Waals surface area (Å²) in [4.78, 5) is 12.6. The quantitative estimate of drug-likeness (QED) is 0.760. The summed E-state index contributed by atoms with van der Waals surface area (Å²) < 4.78 is 30.8. The first-order valence-electron chi connectivity index (χ1n) is 8.29. The lowest BCUT2D eigenvalue weighted by Crippen LogP contribution is -2.47. The Labute approximate surface area is 165 Å². The van der Waals surface area contributed by atoms with E-state index in [0.717, 1.165) is 21.7 Å². The van der Waals surface area contributed by atoms with E-state index in [1.807, 2.05) is 31.2 Å². The maximum atomic E-state index is 12.6. The number of ether oxygens (including phenoxy) is 1. The van der Waals surface area contributed by atoms with Crippen LogP contribution in [0.1, 0.15) is 18.1 Å². The first-order chi connectivity index (χ1) is 12.6. The lowest BCUT2D eigenvalue weighted by Gasteiger charge is -2.28. The molecule has 0 fully saturated rings. The van der Waals surface area contributed by atoms with Crippen LogP contribution in [-0.2, 0) is 21.4 Å². The average Bonchev–Trinajstić information content (AvgIpc) is 2.58. The Hall–Kier alpha value is -2.25. The molecule has 1 atom stereocenters. The van der Waals surface area contributed by atoms with Crippen LogP contribution in [-0.4, -0.2) is 33.7 Å². The number of aryl methyl sites for hydroxylation is 1.